The van der Waals surface area contributed by atoms with E-state index in [0.29, 0.717) is 11.3 Å². The molecule has 1 saturated heterocycles. The fraction of sp³-hybridized carbons (Fsp3) is 0.135. The number of nitro benzene ring substituents is 1. The second-order valence-electron chi connectivity index (χ2n) is 11.3. The minimum Gasteiger partial charge on any atom is -0.456 e. The van der Waals surface area contributed by atoms with Crippen LogP contribution in [-0.4, -0.2) is 48.4 Å². The van der Waals surface area contributed by atoms with Crippen LogP contribution in [0.25, 0.3) is 0 Å². The van der Waals surface area contributed by atoms with Crippen molar-refractivity contribution in [2.24, 2.45) is 5.92 Å². The molecular weight excluding hydrogens is 675 g/mol. The SMILES string of the molecule is CC(=O)OC(c1ccncn1)C1C(=O)N(C(C(=O)OCc2ccc([N+](=O)[O-])cc2)=P(c2ccccc2)(c2ccccc2)c2ccccc2)C1S. The van der Waals surface area contributed by atoms with Gasteiger partial charge in [0.1, 0.15) is 24.3 Å². The van der Waals surface area contributed by atoms with Crippen LogP contribution in [0.4, 0.5) is 5.69 Å². The molecule has 6 rings (SSSR count). The minimum absolute atomic E-state index is 0.0773. The minimum atomic E-state index is -3.24. The van der Waals surface area contributed by atoms with E-state index in [1.54, 1.807) is 6.07 Å². The van der Waals surface area contributed by atoms with Gasteiger partial charge in [0.25, 0.3) is 5.69 Å². The third-order valence-electron chi connectivity index (χ3n) is 8.30. The number of rotatable bonds is 11. The topological polar surface area (TPSA) is 142 Å². The zero-order chi connectivity index (χ0) is 35.3. The molecule has 1 fully saturated rings. The van der Waals surface area contributed by atoms with Crippen LogP contribution >= 0.6 is 19.5 Å². The molecule has 0 spiro atoms. The van der Waals surface area contributed by atoms with E-state index in [9.17, 15) is 24.5 Å². The number of amides is 1. The third-order valence-corrected chi connectivity index (χ3v) is 13.1. The maximum Gasteiger partial charge on any atom is 0.356 e. The number of carbonyl (C=O) groups excluding carboxylic acids is 3. The molecule has 252 valence electrons. The van der Waals surface area contributed by atoms with Crippen molar-refractivity contribution < 1.29 is 28.8 Å². The van der Waals surface area contributed by atoms with E-state index in [2.05, 4.69) is 9.97 Å². The van der Waals surface area contributed by atoms with Gasteiger partial charge in [-0.05, 0) is 39.7 Å². The van der Waals surface area contributed by atoms with Gasteiger partial charge in [0, 0.05) is 32.1 Å². The Morgan fingerprint density at radius 1 is 0.880 bits per heavy atom. The number of hydrogen-bond acceptors (Lipinski definition) is 10. The Hall–Kier alpha value is -5.58. The van der Waals surface area contributed by atoms with Crippen molar-refractivity contribution in [2.75, 3.05) is 0 Å². The summed E-state index contributed by atoms with van der Waals surface area (Å²) in [5.74, 6) is -2.90. The second-order valence-corrected chi connectivity index (χ2v) is 15.2. The van der Waals surface area contributed by atoms with Gasteiger partial charge in [-0.1, -0.05) is 91.0 Å². The Labute approximate surface area is 293 Å². The molecule has 0 bridgehead atoms. The smallest absolute Gasteiger partial charge is 0.356 e. The highest BCUT2D eigenvalue weighted by molar-refractivity contribution is 7.96. The van der Waals surface area contributed by atoms with Gasteiger partial charge in [0.2, 0.25) is 5.91 Å². The molecule has 0 aliphatic carbocycles. The summed E-state index contributed by atoms with van der Waals surface area (Å²) in [6, 6.07) is 35.7. The van der Waals surface area contributed by atoms with E-state index in [1.807, 2.05) is 91.0 Å². The average Bonchev–Trinajstić information content (AvgIpc) is 3.15. The number of hydrogen-bond donors (Lipinski definition) is 1. The van der Waals surface area contributed by atoms with Gasteiger partial charge in [-0.3, -0.25) is 24.6 Å². The molecule has 0 saturated carbocycles. The van der Waals surface area contributed by atoms with Crippen molar-refractivity contribution in [3.8, 4) is 0 Å². The number of β-lactam (4-membered cyclic amide) rings is 1. The summed E-state index contributed by atoms with van der Waals surface area (Å²) in [5.41, 5.74) is 0.800. The number of likely N-dealkylation sites (tertiary alicyclic amines) is 1. The van der Waals surface area contributed by atoms with E-state index in [0.717, 1.165) is 15.9 Å². The Morgan fingerprint density at radius 3 is 1.86 bits per heavy atom. The number of thiol groups is 1. The van der Waals surface area contributed by atoms with Crippen LogP contribution in [0, 0.1) is 16.0 Å². The number of carbonyl (C=O) groups is 3. The Morgan fingerprint density at radius 2 is 1.42 bits per heavy atom. The number of ether oxygens (including phenoxy) is 2. The molecule has 3 atom stereocenters. The van der Waals surface area contributed by atoms with Crippen molar-refractivity contribution in [3.63, 3.8) is 0 Å². The summed E-state index contributed by atoms with van der Waals surface area (Å²) in [6.45, 7) is -2.22. The highest BCUT2D eigenvalue weighted by atomic mass is 32.1. The number of non-ortho nitro benzene ring substituents is 1. The van der Waals surface area contributed by atoms with Gasteiger partial charge in [0.05, 0.1) is 16.0 Å². The van der Waals surface area contributed by atoms with E-state index in [1.165, 1.54) is 48.6 Å². The highest BCUT2D eigenvalue weighted by Crippen LogP contribution is 2.51. The van der Waals surface area contributed by atoms with Gasteiger partial charge in [-0.2, -0.15) is 12.6 Å². The van der Waals surface area contributed by atoms with Gasteiger partial charge in [0.15, 0.2) is 6.10 Å². The monoisotopic (exact) mass is 706 g/mol. The Bertz CT molecular complexity index is 1970. The first kappa shape index (κ1) is 34.3. The molecule has 0 N–H and O–H groups in total. The first-order valence-corrected chi connectivity index (χ1v) is 17.8. The van der Waals surface area contributed by atoms with Gasteiger partial charge in [-0.15, -0.1) is 0 Å². The summed E-state index contributed by atoms with van der Waals surface area (Å²) in [7, 11) is 0. The van der Waals surface area contributed by atoms with Gasteiger partial charge >= 0.3 is 11.9 Å². The van der Waals surface area contributed by atoms with Crippen LogP contribution < -0.4 is 15.9 Å². The van der Waals surface area contributed by atoms with Gasteiger partial charge < -0.3 is 9.47 Å². The predicted octanol–water partition coefficient (Wildman–Crippen LogP) is 4.57. The van der Waals surface area contributed by atoms with Crippen LogP contribution in [0.1, 0.15) is 24.3 Å². The van der Waals surface area contributed by atoms with Crippen molar-refractivity contribution in [1.29, 1.82) is 0 Å². The zero-order valence-corrected chi connectivity index (χ0v) is 28.5. The standard InChI is InChI=1S/C37H31N4O7PS/c1-25(42)48-33(31-21-22-38-24-39-31)32-34(43)40(36(32)50)35(37(44)47-23-26-17-19-27(20-18-26)41(45)46)49(28-11-5-2-6-12-28,29-13-7-3-8-14-29)30-15-9-4-10-16-30/h2-22,24,32-33,36,50H,23H2,1H3. The maximum absolute atomic E-state index is 14.8. The molecule has 0 radical (unpaired) electrons. The van der Waals surface area contributed by atoms with Crippen LogP contribution in [0.3, 0.4) is 0 Å². The lowest BCUT2D eigenvalue weighted by atomic mass is 9.89. The van der Waals surface area contributed by atoms with Crippen molar-refractivity contribution in [3.05, 3.63) is 155 Å². The lowest BCUT2D eigenvalue weighted by Gasteiger charge is -2.49. The maximum atomic E-state index is 14.8. The fourth-order valence-electron chi connectivity index (χ4n) is 6.07. The highest BCUT2D eigenvalue weighted by Gasteiger charge is 2.56. The van der Waals surface area contributed by atoms with Crippen LogP contribution in [0.5, 0.6) is 0 Å². The molecule has 4 aromatic carbocycles. The normalized spacial score (nSPS) is 16.1. The molecular formula is C37H31N4O7PS. The Balaban J connectivity index is 1.58. The Kier molecular flexibility index (Phi) is 10.2. The molecule has 2 heterocycles. The van der Waals surface area contributed by atoms with Gasteiger partial charge in [-0.25, -0.2) is 14.8 Å². The quantitative estimate of drug-likeness (QED) is 0.0522. The van der Waals surface area contributed by atoms with Crippen LogP contribution in [0.15, 0.2) is 134 Å². The summed E-state index contributed by atoms with van der Waals surface area (Å²) in [6.07, 6.45) is 1.68. The molecule has 13 heteroatoms. The first-order valence-electron chi connectivity index (χ1n) is 15.5. The number of benzene rings is 4. The fourth-order valence-corrected chi connectivity index (χ4v) is 11.0. The number of esters is 2. The molecule has 1 amide bonds. The summed E-state index contributed by atoms with van der Waals surface area (Å²) in [4.78, 5) is 62.0. The van der Waals surface area contributed by atoms with E-state index in [4.69, 9.17) is 22.1 Å². The molecule has 11 nitrogen and oxygen atoms in total. The summed E-state index contributed by atoms with van der Waals surface area (Å²) < 4.78 is 11.7. The average molecular weight is 707 g/mol. The number of nitrogens with zero attached hydrogens (tertiary/aromatic N) is 4. The largest absolute Gasteiger partial charge is 0.456 e. The number of aromatic nitrogens is 2. The molecule has 1 aliphatic rings. The molecule has 3 unspecified atom stereocenters. The van der Waals surface area contributed by atoms with Crippen LogP contribution in [-0.2, 0) is 30.5 Å². The number of nitro groups is 1. The summed E-state index contributed by atoms with van der Waals surface area (Å²) in [5, 5.41) is 12.6. The zero-order valence-electron chi connectivity index (χ0n) is 26.7. The van der Waals surface area contributed by atoms with Crippen molar-refractivity contribution >= 4 is 64.4 Å². The lowest BCUT2D eigenvalue weighted by molar-refractivity contribution is -0.384. The molecule has 1 aliphatic heterocycles. The molecule has 1 aromatic heterocycles. The third kappa shape index (κ3) is 6.55. The lowest BCUT2D eigenvalue weighted by Crippen LogP contribution is -2.65. The summed E-state index contributed by atoms with van der Waals surface area (Å²) >= 11 is 4.91. The predicted molar refractivity (Wildman–Crippen MR) is 193 cm³/mol. The first-order chi connectivity index (χ1) is 24.2. The van der Waals surface area contributed by atoms with E-state index < -0.39 is 47.1 Å². The second kappa shape index (κ2) is 14.9. The molecule has 50 heavy (non-hydrogen) atoms. The van der Waals surface area contributed by atoms with E-state index >= 15 is 0 Å². The van der Waals surface area contributed by atoms with E-state index in [-0.39, 0.29) is 17.7 Å². The van der Waals surface area contributed by atoms with Crippen LogP contribution in [0.2, 0.25) is 0 Å². The van der Waals surface area contributed by atoms with Crippen molar-refractivity contribution in [1.82, 2.24) is 14.9 Å². The van der Waals surface area contributed by atoms with Crippen molar-refractivity contribution in [2.45, 2.75) is 25.0 Å². The molecule has 5 aromatic rings.